The number of unbranched alkanes of at least 4 members (excludes halogenated alkanes) is 4. The van der Waals surface area contributed by atoms with Gasteiger partial charge in [-0.25, -0.2) is 4.79 Å². The van der Waals surface area contributed by atoms with Crippen LogP contribution in [0.1, 0.15) is 103 Å². The third-order valence-electron chi connectivity index (χ3n) is 7.96. The Balaban J connectivity index is 1.37. The van der Waals surface area contributed by atoms with E-state index in [0.717, 1.165) is 47.4 Å². The number of carbonyl (C=O) groups is 2. The molecular weight excluding hydrogens is 582 g/mol. The van der Waals surface area contributed by atoms with Gasteiger partial charge >= 0.3 is 5.97 Å². The van der Waals surface area contributed by atoms with Gasteiger partial charge in [-0.15, -0.1) is 0 Å². The van der Waals surface area contributed by atoms with Crippen molar-refractivity contribution in [3.05, 3.63) is 117 Å². The van der Waals surface area contributed by atoms with Gasteiger partial charge in [-0.2, -0.15) is 0 Å². The first kappa shape index (κ1) is 32.1. The molecule has 3 aromatic carbocycles. The summed E-state index contributed by atoms with van der Waals surface area (Å²) in [6.45, 7) is 5.91. The molecule has 45 heavy (non-hydrogen) atoms. The van der Waals surface area contributed by atoms with E-state index in [4.69, 9.17) is 21.1 Å². The molecule has 6 heteroatoms. The first-order valence-electron chi connectivity index (χ1n) is 15.8. The Kier molecular flexibility index (Phi) is 10.5. The van der Waals surface area contributed by atoms with Gasteiger partial charge in [0, 0.05) is 41.3 Å². The van der Waals surface area contributed by atoms with Crippen molar-refractivity contribution in [1.29, 1.82) is 0 Å². The van der Waals surface area contributed by atoms with E-state index in [0.29, 0.717) is 29.1 Å². The summed E-state index contributed by atoms with van der Waals surface area (Å²) in [6.07, 6.45) is 12.7. The zero-order valence-electron chi connectivity index (χ0n) is 26.3. The average molecular weight is 622 g/mol. The predicted octanol–water partition coefficient (Wildman–Crippen LogP) is 9.53. The van der Waals surface area contributed by atoms with E-state index in [2.05, 4.69) is 18.8 Å². The highest BCUT2D eigenvalue weighted by atomic mass is 35.5. The predicted molar refractivity (Wildman–Crippen MR) is 181 cm³/mol. The minimum Gasteiger partial charge on any atom is -0.452 e. The Bertz CT molecular complexity index is 1660. The van der Waals surface area contributed by atoms with Crippen molar-refractivity contribution < 1.29 is 19.1 Å². The highest BCUT2D eigenvalue weighted by Crippen LogP contribution is 2.35. The van der Waals surface area contributed by atoms with E-state index in [-0.39, 0.29) is 5.91 Å². The number of hydrogen-bond acceptors (Lipinski definition) is 4. The lowest BCUT2D eigenvalue weighted by Crippen LogP contribution is -2.39. The van der Waals surface area contributed by atoms with Crippen LogP contribution in [0, 0.1) is 11.8 Å². The molecule has 5 nitrogen and oxygen atoms in total. The molecule has 0 saturated heterocycles. The summed E-state index contributed by atoms with van der Waals surface area (Å²) in [4.78, 5) is 28.6. The van der Waals surface area contributed by atoms with Crippen LogP contribution in [0.5, 0.6) is 5.75 Å². The number of allylic oxidation sites excluding steroid dienone is 4. The number of hydrogen-bond donors (Lipinski definition) is 0. The monoisotopic (exact) mass is 621 g/mol. The first-order chi connectivity index (χ1) is 21.7. The molecule has 2 aliphatic rings. The quantitative estimate of drug-likeness (QED) is 0.128. The SMILES string of the molecule is CCCCCCCc1ccc(C(=O)N(Cc2ccc(C#CC3=CC=C(Cl)CC3)cc2)c2ccc3c(c2)C(=O)OC(C)(C)O3)cc1. The molecule has 1 heterocycles. The van der Waals surface area contributed by atoms with Crippen LogP contribution < -0.4 is 9.64 Å². The lowest BCUT2D eigenvalue weighted by Gasteiger charge is -2.32. The maximum absolute atomic E-state index is 14.0. The number of cyclic esters (lactones) is 1. The summed E-state index contributed by atoms with van der Waals surface area (Å²) in [5.41, 5.74) is 5.56. The van der Waals surface area contributed by atoms with E-state index >= 15 is 0 Å². The number of amides is 1. The van der Waals surface area contributed by atoms with E-state index in [1.54, 1.807) is 30.9 Å². The molecule has 0 N–H and O–H groups in total. The van der Waals surface area contributed by atoms with Crippen molar-refractivity contribution in [1.82, 2.24) is 0 Å². The number of nitrogens with zero attached hydrogens (tertiary/aromatic N) is 1. The molecule has 232 valence electrons. The molecule has 0 fully saturated rings. The average Bonchev–Trinajstić information content (AvgIpc) is 3.03. The van der Waals surface area contributed by atoms with Gasteiger partial charge < -0.3 is 14.4 Å². The van der Waals surface area contributed by atoms with Crippen LogP contribution in [0.2, 0.25) is 0 Å². The minimum absolute atomic E-state index is 0.158. The summed E-state index contributed by atoms with van der Waals surface area (Å²) in [7, 11) is 0. The van der Waals surface area contributed by atoms with Gasteiger partial charge in [-0.3, -0.25) is 4.79 Å². The Labute approximate surface area is 271 Å². The molecule has 0 radical (unpaired) electrons. The molecule has 0 bridgehead atoms. The van der Waals surface area contributed by atoms with Crippen LogP contribution >= 0.6 is 11.6 Å². The Morgan fingerprint density at radius 1 is 0.867 bits per heavy atom. The number of carbonyl (C=O) groups excluding carboxylic acids is 2. The molecule has 5 rings (SSSR count). The normalized spacial score (nSPS) is 15.0. The molecule has 1 aliphatic carbocycles. The number of benzene rings is 3. The number of ether oxygens (including phenoxy) is 2. The van der Waals surface area contributed by atoms with Crippen molar-refractivity contribution >= 4 is 29.2 Å². The van der Waals surface area contributed by atoms with Crippen LogP contribution in [0.15, 0.2) is 89.5 Å². The molecule has 0 unspecified atom stereocenters. The molecule has 0 aromatic heterocycles. The minimum atomic E-state index is -1.05. The Hall–Kier alpha value is -4.27. The number of fused-ring (bicyclic) bond motifs is 1. The van der Waals surface area contributed by atoms with Gasteiger partial charge in [-0.1, -0.05) is 80.3 Å². The van der Waals surface area contributed by atoms with Gasteiger partial charge in [0.2, 0.25) is 5.79 Å². The summed E-state index contributed by atoms with van der Waals surface area (Å²) in [5.74, 6) is 5.21. The van der Waals surface area contributed by atoms with Crippen LogP contribution in [0.25, 0.3) is 0 Å². The standard InChI is InChI=1S/C39H40ClNO4/c1-4-5-6-7-8-9-28-16-20-32(21-17-28)37(42)41(34-24-25-36-35(26-34)38(43)45-39(2,3)44-36)27-31-14-12-29(13-15-31)10-11-30-18-22-33(40)23-19-30/h12-18,20-22,24-26H,4-9,19,23,27H2,1-3H3. The second-order valence-electron chi connectivity index (χ2n) is 12.1. The second-order valence-corrected chi connectivity index (χ2v) is 12.6. The van der Waals surface area contributed by atoms with Crippen molar-refractivity contribution in [2.24, 2.45) is 0 Å². The van der Waals surface area contributed by atoms with Crippen molar-refractivity contribution in [3.8, 4) is 17.6 Å². The fraction of sp³-hybridized carbons (Fsp3) is 0.333. The lowest BCUT2D eigenvalue weighted by molar-refractivity contribution is -0.127. The van der Waals surface area contributed by atoms with Crippen LogP contribution in [0.3, 0.4) is 0 Å². The third kappa shape index (κ3) is 8.68. The number of halogens is 1. The smallest absolute Gasteiger partial charge is 0.345 e. The summed E-state index contributed by atoms with van der Waals surface area (Å²) >= 11 is 6.07. The fourth-order valence-corrected chi connectivity index (χ4v) is 5.58. The summed E-state index contributed by atoms with van der Waals surface area (Å²) < 4.78 is 11.3. The first-order valence-corrected chi connectivity index (χ1v) is 16.2. The maximum Gasteiger partial charge on any atom is 0.345 e. The number of aryl methyl sites for hydroxylation is 1. The topological polar surface area (TPSA) is 55.8 Å². The van der Waals surface area contributed by atoms with Crippen molar-refractivity contribution in [2.75, 3.05) is 4.90 Å². The summed E-state index contributed by atoms with van der Waals surface area (Å²) in [5, 5.41) is 0.852. The Morgan fingerprint density at radius 2 is 1.60 bits per heavy atom. The van der Waals surface area contributed by atoms with Gasteiger partial charge in [-0.05, 0) is 91.4 Å². The van der Waals surface area contributed by atoms with Crippen molar-refractivity contribution in [3.63, 3.8) is 0 Å². The lowest BCUT2D eigenvalue weighted by atomic mass is 10.0. The summed E-state index contributed by atoms with van der Waals surface area (Å²) in [6, 6.07) is 21.0. The second kappa shape index (κ2) is 14.7. The van der Waals surface area contributed by atoms with E-state index < -0.39 is 11.8 Å². The molecule has 1 amide bonds. The van der Waals surface area contributed by atoms with E-state index in [9.17, 15) is 9.59 Å². The molecule has 0 spiro atoms. The largest absolute Gasteiger partial charge is 0.452 e. The van der Waals surface area contributed by atoms with Crippen LogP contribution in [-0.2, 0) is 17.7 Å². The molecule has 0 atom stereocenters. The van der Waals surface area contributed by atoms with Gasteiger partial charge in [0.1, 0.15) is 11.3 Å². The number of rotatable bonds is 10. The van der Waals surface area contributed by atoms with Crippen LogP contribution in [-0.4, -0.2) is 17.7 Å². The van der Waals surface area contributed by atoms with Crippen LogP contribution in [0.4, 0.5) is 5.69 Å². The maximum atomic E-state index is 14.0. The Morgan fingerprint density at radius 3 is 2.31 bits per heavy atom. The zero-order valence-corrected chi connectivity index (χ0v) is 27.1. The molecular formula is C39H40ClNO4. The van der Waals surface area contributed by atoms with Gasteiger partial charge in [0.25, 0.3) is 5.91 Å². The fourth-order valence-electron chi connectivity index (χ4n) is 5.43. The van der Waals surface area contributed by atoms with Crippen molar-refractivity contribution in [2.45, 2.75) is 84.5 Å². The highest BCUT2D eigenvalue weighted by molar-refractivity contribution is 6.29. The van der Waals surface area contributed by atoms with E-state index in [1.165, 1.54) is 31.2 Å². The number of esters is 1. The molecule has 0 saturated carbocycles. The van der Waals surface area contributed by atoms with E-state index in [1.807, 2.05) is 66.7 Å². The van der Waals surface area contributed by atoms with Gasteiger partial charge in [0.05, 0.1) is 6.54 Å². The third-order valence-corrected chi connectivity index (χ3v) is 8.28. The number of anilines is 1. The molecule has 3 aromatic rings. The molecule has 1 aliphatic heterocycles. The van der Waals surface area contributed by atoms with Gasteiger partial charge in [0.15, 0.2) is 0 Å². The zero-order chi connectivity index (χ0) is 31.8. The highest BCUT2D eigenvalue weighted by Gasteiger charge is 2.34.